The van der Waals surface area contributed by atoms with Gasteiger partial charge in [-0.15, -0.1) is 0 Å². The van der Waals surface area contributed by atoms with Crippen LogP contribution in [0, 0.1) is 11.3 Å². The van der Waals surface area contributed by atoms with Gasteiger partial charge >= 0.3 is 0 Å². The highest BCUT2D eigenvalue weighted by Crippen LogP contribution is 2.42. The zero-order valence-corrected chi connectivity index (χ0v) is 21.4. The van der Waals surface area contributed by atoms with E-state index >= 15 is 0 Å². The SMILES string of the molecule is N#Cc1c(-c2ccccc2)cc(-c2cccc3c2oc2ccccc23)cc1-c1ccc2c(c1)oc1ccccc12. The van der Waals surface area contributed by atoms with E-state index in [4.69, 9.17) is 8.83 Å². The van der Waals surface area contributed by atoms with Gasteiger partial charge < -0.3 is 8.83 Å². The van der Waals surface area contributed by atoms with Crippen molar-refractivity contribution < 1.29 is 8.83 Å². The topological polar surface area (TPSA) is 50.1 Å². The highest BCUT2D eigenvalue weighted by atomic mass is 16.3. The van der Waals surface area contributed by atoms with Crippen molar-refractivity contribution in [2.45, 2.75) is 0 Å². The third-order valence-electron chi connectivity index (χ3n) is 7.74. The molecule has 8 aromatic rings. The highest BCUT2D eigenvalue weighted by Gasteiger charge is 2.19. The van der Waals surface area contributed by atoms with E-state index in [0.717, 1.165) is 77.3 Å². The summed E-state index contributed by atoms with van der Waals surface area (Å²) in [4.78, 5) is 0. The van der Waals surface area contributed by atoms with E-state index in [1.54, 1.807) is 0 Å². The summed E-state index contributed by atoms with van der Waals surface area (Å²) in [6.07, 6.45) is 0. The van der Waals surface area contributed by atoms with Crippen LogP contribution >= 0.6 is 0 Å². The summed E-state index contributed by atoms with van der Waals surface area (Å²) >= 11 is 0. The van der Waals surface area contributed by atoms with Crippen molar-refractivity contribution in [1.82, 2.24) is 0 Å². The first kappa shape index (κ1) is 22.4. The minimum Gasteiger partial charge on any atom is -0.456 e. The van der Waals surface area contributed by atoms with E-state index in [1.807, 2.05) is 72.8 Å². The number of furan rings is 2. The number of hydrogen-bond acceptors (Lipinski definition) is 3. The molecule has 0 fully saturated rings. The van der Waals surface area contributed by atoms with E-state index in [1.165, 1.54) is 0 Å². The molecular weight excluding hydrogens is 490 g/mol. The van der Waals surface area contributed by atoms with Crippen molar-refractivity contribution in [3.63, 3.8) is 0 Å². The zero-order valence-electron chi connectivity index (χ0n) is 21.4. The van der Waals surface area contributed by atoms with Gasteiger partial charge in [0.25, 0.3) is 0 Å². The second kappa shape index (κ2) is 8.73. The Bertz CT molecular complexity index is 2280. The molecule has 40 heavy (non-hydrogen) atoms. The fourth-order valence-electron chi connectivity index (χ4n) is 5.86. The van der Waals surface area contributed by atoms with Crippen LogP contribution < -0.4 is 0 Å². The summed E-state index contributed by atoms with van der Waals surface area (Å²) in [6, 6.07) is 45.5. The van der Waals surface area contributed by atoms with Gasteiger partial charge in [-0.1, -0.05) is 91.0 Å². The van der Waals surface area contributed by atoms with Crippen LogP contribution in [0.4, 0.5) is 0 Å². The lowest BCUT2D eigenvalue weighted by molar-refractivity contribution is 0.669. The lowest BCUT2D eigenvalue weighted by Gasteiger charge is -2.14. The van der Waals surface area contributed by atoms with Gasteiger partial charge in [-0.05, 0) is 53.1 Å². The minimum atomic E-state index is 0.627. The quantitative estimate of drug-likeness (QED) is 0.237. The molecule has 0 unspecified atom stereocenters. The Labute approximate surface area is 230 Å². The maximum absolute atomic E-state index is 10.5. The van der Waals surface area contributed by atoms with Crippen molar-refractivity contribution in [2.75, 3.05) is 0 Å². The van der Waals surface area contributed by atoms with Gasteiger partial charge in [-0.25, -0.2) is 0 Å². The summed E-state index contributed by atoms with van der Waals surface area (Å²) in [5.41, 5.74) is 9.61. The van der Waals surface area contributed by atoms with Crippen LogP contribution in [0.3, 0.4) is 0 Å². The molecule has 6 aromatic carbocycles. The molecule has 0 aliphatic heterocycles. The molecule has 2 heterocycles. The molecule has 3 nitrogen and oxygen atoms in total. The summed E-state index contributed by atoms with van der Waals surface area (Å²) in [5.74, 6) is 0. The number of nitrogens with zero attached hydrogens (tertiary/aromatic N) is 1. The summed E-state index contributed by atoms with van der Waals surface area (Å²) in [7, 11) is 0. The predicted octanol–water partition coefficient (Wildman–Crippen LogP) is 10.4. The first-order chi connectivity index (χ1) is 19.8. The molecule has 0 aliphatic carbocycles. The Morgan fingerprint density at radius 3 is 1.82 bits per heavy atom. The summed E-state index contributed by atoms with van der Waals surface area (Å²) in [5, 5.41) is 14.8. The molecule has 0 spiro atoms. The Balaban J connectivity index is 1.43. The van der Waals surface area contributed by atoms with E-state index < -0.39 is 0 Å². The number of para-hydroxylation sites is 3. The van der Waals surface area contributed by atoms with E-state index in [2.05, 4.69) is 60.7 Å². The van der Waals surface area contributed by atoms with Gasteiger partial charge in [0, 0.05) is 38.2 Å². The number of benzene rings is 6. The lowest BCUT2D eigenvalue weighted by atomic mass is 9.88. The lowest BCUT2D eigenvalue weighted by Crippen LogP contribution is -1.93. The molecule has 0 atom stereocenters. The Kier molecular flexibility index (Phi) is 4.89. The van der Waals surface area contributed by atoms with Gasteiger partial charge in [0.1, 0.15) is 28.4 Å². The van der Waals surface area contributed by atoms with Gasteiger partial charge in [0.15, 0.2) is 0 Å². The standard InChI is InChI=1S/C37H21NO2/c38-22-33-31(23-9-2-1-3-10-23)19-25(26-13-8-14-30-28-12-5-7-16-35(28)40-37(26)30)20-32(33)24-17-18-29-27-11-4-6-15-34(27)39-36(29)21-24/h1-21H. The second-order valence-electron chi connectivity index (χ2n) is 10.0. The summed E-state index contributed by atoms with van der Waals surface area (Å²) < 4.78 is 12.6. The molecule has 8 rings (SSSR count). The average molecular weight is 512 g/mol. The van der Waals surface area contributed by atoms with Crippen LogP contribution in [0.25, 0.3) is 77.3 Å². The first-order valence-electron chi connectivity index (χ1n) is 13.2. The zero-order chi connectivity index (χ0) is 26.6. The van der Waals surface area contributed by atoms with Gasteiger partial charge in [-0.2, -0.15) is 5.26 Å². The van der Waals surface area contributed by atoms with Crippen LogP contribution in [-0.2, 0) is 0 Å². The Hall–Kier alpha value is -5.59. The molecule has 3 heteroatoms. The smallest absolute Gasteiger partial charge is 0.143 e. The van der Waals surface area contributed by atoms with Crippen molar-refractivity contribution in [3.8, 4) is 39.4 Å². The molecule has 0 radical (unpaired) electrons. The van der Waals surface area contributed by atoms with Crippen LogP contribution in [0.5, 0.6) is 0 Å². The number of fused-ring (bicyclic) bond motifs is 6. The van der Waals surface area contributed by atoms with Gasteiger partial charge in [-0.3, -0.25) is 0 Å². The minimum absolute atomic E-state index is 0.627. The molecule has 0 bridgehead atoms. The van der Waals surface area contributed by atoms with Crippen molar-refractivity contribution in [3.05, 3.63) is 133 Å². The van der Waals surface area contributed by atoms with Crippen molar-refractivity contribution in [1.29, 1.82) is 5.26 Å². The summed E-state index contributed by atoms with van der Waals surface area (Å²) in [6.45, 7) is 0. The Morgan fingerprint density at radius 2 is 1.05 bits per heavy atom. The molecule has 0 saturated heterocycles. The van der Waals surface area contributed by atoms with Crippen LogP contribution in [0.1, 0.15) is 5.56 Å². The molecule has 0 aliphatic rings. The highest BCUT2D eigenvalue weighted by molar-refractivity contribution is 6.10. The fraction of sp³-hybridized carbons (Fsp3) is 0. The second-order valence-corrected chi connectivity index (χ2v) is 10.0. The molecule has 0 N–H and O–H groups in total. The molecule has 2 aromatic heterocycles. The molecule has 0 saturated carbocycles. The fourth-order valence-corrected chi connectivity index (χ4v) is 5.86. The first-order valence-corrected chi connectivity index (χ1v) is 13.2. The molecular formula is C37H21NO2. The van der Waals surface area contributed by atoms with Crippen molar-refractivity contribution >= 4 is 43.9 Å². The predicted molar refractivity (Wildman–Crippen MR) is 162 cm³/mol. The number of nitriles is 1. The maximum atomic E-state index is 10.5. The van der Waals surface area contributed by atoms with E-state index in [0.29, 0.717) is 5.56 Å². The van der Waals surface area contributed by atoms with E-state index in [9.17, 15) is 5.26 Å². The number of rotatable bonds is 3. The van der Waals surface area contributed by atoms with Crippen LogP contribution in [-0.4, -0.2) is 0 Å². The Morgan fingerprint density at radius 1 is 0.425 bits per heavy atom. The third-order valence-corrected chi connectivity index (χ3v) is 7.74. The average Bonchev–Trinajstić information content (AvgIpc) is 3.59. The largest absolute Gasteiger partial charge is 0.456 e. The third kappa shape index (κ3) is 3.37. The van der Waals surface area contributed by atoms with Gasteiger partial charge in [0.2, 0.25) is 0 Å². The van der Waals surface area contributed by atoms with E-state index in [-0.39, 0.29) is 0 Å². The van der Waals surface area contributed by atoms with Crippen molar-refractivity contribution in [2.24, 2.45) is 0 Å². The molecule has 0 amide bonds. The monoisotopic (exact) mass is 511 g/mol. The number of hydrogen-bond donors (Lipinski definition) is 0. The van der Waals surface area contributed by atoms with Crippen LogP contribution in [0.2, 0.25) is 0 Å². The normalized spacial score (nSPS) is 11.5. The van der Waals surface area contributed by atoms with Gasteiger partial charge in [0.05, 0.1) is 5.56 Å². The van der Waals surface area contributed by atoms with Crippen LogP contribution in [0.15, 0.2) is 136 Å². The molecule has 186 valence electrons. The maximum Gasteiger partial charge on any atom is 0.143 e.